The molecule has 1 aliphatic carbocycles. The van der Waals surface area contributed by atoms with Crippen LogP contribution in [0.2, 0.25) is 5.02 Å². The van der Waals surface area contributed by atoms with Gasteiger partial charge in [0.1, 0.15) is 0 Å². The molecule has 0 aliphatic heterocycles. The van der Waals surface area contributed by atoms with Crippen molar-refractivity contribution in [3.8, 4) is 0 Å². The summed E-state index contributed by atoms with van der Waals surface area (Å²) in [5.41, 5.74) is 5.44. The van der Waals surface area contributed by atoms with Gasteiger partial charge < -0.3 is 0 Å². The lowest BCUT2D eigenvalue weighted by molar-refractivity contribution is -0.127. The third-order valence-corrected chi connectivity index (χ3v) is 5.76. The molecule has 0 radical (unpaired) electrons. The predicted octanol–water partition coefficient (Wildman–Crippen LogP) is 3.98. The number of carbonyl (C=O) groups excluding carboxylic acids is 2. The minimum Gasteiger partial charge on any atom is -0.272 e. The van der Waals surface area contributed by atoms with Gasteiger partial charge in [-0.1, -0.05) is 36.6 Å². The summed E-state index contributed by atoms with van der Waals surface area (Å²) in [6.07, 6.45) is 3.48. The maximum atomic E-state index is 12.9. The molecule has 2 aromatic rings. The van der Waals surface area contributed by atoms with Crippen molar-refractivity contribution in [3.05, 3.63) is 56.7 Å². The number of hydrazine groups is 1. The van der Waals surface area contributed by atoms with Gasteiger partial charge in [-0.2, -0.15) is 0 Å². The third kappa shape index (κ3) is 3.32. The Bertz CT molecular complexity index is 766. The maximum Gasteiger partial charge on any atom is 0.279 e. The van der Waals surface area contributed by atoms with Crippen molar-refractivity contribution < 1.29 is 9.59 Å². The van der Waals surface area contributed by atoms with Crippen LogP contribution in [0.15, 0.2) is 36.4 Å². The Hall–Kier alpha value is -1.85. The van der Waals surface area contributed by atoms with Crippen molar-refractivity contribution in [2.45, 2.75) is 38.0 Å². The van der Waals surface area contributed by atoms with E-state index in [0.29, 0.717) is 9.90 Å². The Morgan fingerprint density at radius 3 is 2.50 bits per heavy atom. The van der Waals surface area contributed by atoms with Gasteiger partial charge >= 0.3 is 0 Å². The van der Waals surface area contributed by atoms with E-state index in [4.69, 9.17) is 11.6 Å². The third-order valence-electron chi connectivity index (χ3n) is 4.52. The van der Waals surface area contributed by atoms with Crippen LogP contribution in [-0.4, -0.2) is 11.8 Å². The van der Waals surface area contributed by atoms with Gasteiger partial charge in [-0.25, -0.2) is 0 Å². The summed E-state index contributed by atoms with van der Waals surface area (Å²) in [6.45, 7) is 1.94. The number of hydrogen-bond acceptors (Lipinski definition) is 3. The molecule has 4 nitrogen and oxygen atoms in total. The lowest BCUT2D eigenvalue weighted by atomic mass is 9.78. The smallest absolute Gasteiger partial charge is 0.272 e. The molecular formula is C18H19ClN2O2S. The first-order valence-corrected chi connectivity index (χ1v) is 9.14. The minimum atomic E-state index is -0.621. The summed E-state index contributed by atoms with van der Waals surface area (Å²) in [7, 11) is 0. The molecule has 1 aromatic heterocycles. The predicted molar refractivity (Wildman–Crippen MR) is 96.3 cm³/mol. The summed E-state index contributed by atoms with van der Waals surface area (Å²) in [5.74, 6) is -0.468. The average Bonchev–Trinajstić information content (AvgIpc) is 3.22. The normalized spacial score (nSPS) is 15.9. The number of amides is 2. The molecule has 1 fully saturated rings. The highest BCUT2D eigenvalue weighted by molar-refractivity contribution is 7.13. The SMILES string of the molecule is Cc1ccc(C(=O)NNC(=O)C2(c3cccc(Cl)c3)CCCC2)s1. The Morgan fingerprint density at radius 1 is 1.12 bits per heavy atom. The van der Waals surface area contributed by atoms with Gasteiger partial charge in [0.15, 0.2) is 0 Å². The van der Waals surface area contributed by atoms with E-state index in [-0.39, 0.29) is 11.8 Å². The molecular weight excluding hydrogens is 344 g/mol. The average molecular weight is 363 g/mol. The Morgan fingerprint density at radius 2 is 1.88 bits per heavy atom. The number of nitrogens with one attached hydrogen (secondary N) is 2. The Balaban J connectivity index is 1.75. The summed E-state index contributed by atoms with van der Waals surface area (Å²) in [5, 5.41) is 0.615. The molecule has 1 aliphatic rings. The van der Waals surface area contributed by atoms with Crippen molar-refractivity contribution in [1.82, 2.24) is 10.9 Å². The first kappa shape index (κ1) is 17.0. The number of hydrogen-bond donors (Lipinski definition) is 2. The standard InChI is InChI=1S/C18H19ClN2O2S/c1-12-7-8-15(24-12)16(22)20-21-17(23)18(9-2-3-10-18)13-5-4-6-14(19)11-13/h4-8,11H,2-3,9-10H2,1H3,(H,20,22)(H,21,23). The molecule has 0 unspecified atom stereocenters. The van der Waals surface area contributed by atoms with Gasteiger partial charge in [-0.05, 0) is 49.6 Å². The fraction of sp³-hybridized carbons (Fsp3) is 0.333. The highest BCUT2D eigenvalue weighted by Crippen LogP contribution is 2.41. The number of carbonyl (C=O) groups is 2. The zero-order valence-corrected chi connectivity index (χ0v) is 15.0. The first-order chi connectivity index (χ1) is 11.5. The van der Waals surface area contributed by atoms with Crippen LogP contribution in [0.3, 0.4) is 0 Å². The zero-order chi connectivity index (χ0) is 17.2. The summed E-state index contributed by atoms with van der Waals surface area (Å²) in [4.78, 5) is 26.6. The molecule has 6 heteroatoms. The van der Waals surface area contributed by atoms with Gasteiger partial charge in [0.05, 0.1) is 10.3 Å². The van der Waals surface area contributed by atoms with Crippen LogP contribution in [0.4, 0.5) is 0 Å². The molecule has 0 saturated heterocycles. The molecule has 24 heavy (non-hydrogen) atoms. The fourth-order valence-corrected chi connectivity index (χ4v) is 4.22. The largest absolute Gasteiger partial charge is 0.279 e. The van der Waals surface area contributed by atoms with Crippen LogP contribution in [-0.2, 0) is 10.2 Å². The molecule has 126 valence electrons. The first-order valence-electron chi connectivity index (χ1n) is 7.94. The highest BCUT2D eigenvalue weighted by Gasteiger charge is 2.43. The van der Waals surface area contributed by atoms with E-state index in [0.717, 1.165) is 36.1 Å². The molecule has 1 heterocycles. The second-order valence-electron chi connectivity index (χ2n) is 6.12. The number of thiophene rings is 1. The maximum absolute atomic E-state index is 12.9. The molecule has 2 amide bonds. The summed E-state index contributed by atoms with van der Waals surface area (Å²) < 4.78 is 0. The lowest BCUT2D eigenvalue weighted by Gasteiger charge is -2.28. The topological polar surface area (TPSA) is 58.2 Å². The van der Waals surface area contributed by atoms with Crippen molar-refractivity contribution in [1.29, 1.82) is 0 Å². The van der Waals surface area contributed by atoms with Crippen molar-refractivity contribution in [2.24, 2.45) is 0 Å². The Kier molecular flexibility index (Phi) is 4.92. The monoisotopic (exact) mass is 362 g/mol. The number of rotatable bonds is 3. The second kappa shape index (κ2) is 6.95. The van der Waals surface area contributed by atoms with E-state index < -0.39 is 5.41 Å². The van der Waals surface area contributed by atoms with E-state index >= 15 is 0 Å². The Labute approximate surface area is 150 Å². The molecule has 2 N–H and O–H groups in total. The number of benzene rings is 1. The van der Waals surface area contributed by atoms with Crippen LogP contribution >= 0.6 is 22.9 Å². The minimum absolute atomic E-state index is 0.177. The summed E-state index contributed by atoms with van der Waals surface area (Å²) >= 11 is 7.50. The van der Waals surface area contributed by atoms with E-state index in [1.54, 1.807) is 12.1 Å². The van der Waals surface area contributed by atoms with Gasteiger partial charge in [-0.3, -0.25) is 20.4 Å². The molecule has 1 aromatic carbocycles. The van der Waals surface area contributed by atoms with Crippen molar-refractivity contribution in [3.63, 3.8) is 0 Å². The zero-order valence-electron chi connectivity index (χ0n) is 13.4. The van der Waals surface area contributed by atoms with Crippen LogP contribution in [0, 0.1) is 6.92 Å². The van der Waals surface area contributed by atoms with E-state index in [1.165, 1.54) is 11.3 Å². The summed E-state index contributed by atoms with van der Waals surface area (Å²) in [6, 6.07) is 11.1. The van der Waals surface area contributed by atoms with Gasteiger partial charge in [0, 0.05) is 9.90 Å². The van der Waals surface area contributed by atoms with Crippen LogP contribution in [0.25, 0.3) is 0 Å². The van der Waals surface area contributed by atoms with Crippen LogP contribution < -0.4 is 10.9 Å². The van der Waals surface area contributed by atoms with E-state index in [1.807, 2.05) is 31.2 Å². The molecule has 3 rings (SSSR count). The van der Waals surface area contributed by atoms with Gasteiger partial charge in [0.2, 0.25) is 5.91 Å². The van der Waals surface area contributed by atoms with Crippen LogP contribution in [0.5, 0.6) is 0 Å². The van der Waals surface area contributed by atoms with Crippen molar-refractivity contribution >= 4 is 34.8 Å². The molecule has 0 atom stereocenters. The van der Waals surface area contributed by atoms with E-state index in [9.17, 15) is 9.59 Å². The lowest BCUT2D eigenvalue weighted by Crippen LogP contribution is -2.50. The van der Waals surface area contributed by atoms with Gasteiger partial charge in [-0.15, -0.1) is 11.3 Å². The molecule has 0 spiro atoms. The quantitative estimate of drug-likeness (QED) is 0.811. The van der Waals surface area contributed by atoms with E-state index in [2.05, 4.69) is 10.9 Å². The van der Waals surface area contributed by atoms with Crippen LogP contribution in [0.1, 0.15) is 45.8 Å². The van der Waals surface area contributed by atoms with Gasteiger partial charge in [0.25, 0.3) is 5.91 Å². The second-order valence-corrected chi connectivity index (χ2v) is 7.84. The highest BCUT2D eigenvalue weighted by atomic mass is 35.5. The number of aryl methyl sites for hydroxylation is 1. The van der Waals surface area contributed by atoms with Crippen molar-refractivity contribution in [2.75, 3.05) is 0 Å². The molecule has 0 bridgehead atoms. The number of halogens is 1. The molecule has 1 saturated carbocycles. The fourth-order valence-electron chi connectivity index (χ4n) is 3.26.